The van der Waals surface area contributed by atoms with Gasteiger partial charge in [0.1, 0.15) is 0 Å². The van der Waals surface area contributed by atoms with Crippen molar-refractivity contribution in [1.82, 2.24) is 15.3 Å². The molecule has 0 aliphatic heterocycles. The Bertz CT molecular complexity index is 582. The van der Waals surface area contributed by atoms with Crippen molar-refractivity contribution in [2.45, 2.75) is 40.5 Å². The van der Waals surface area contributed by atoms with Crippen LogP contribution in [0.25, 0.3) is 11.4 Å². The van der Waals surface area contributed by atoms with Gasteiger partial charge in [-0.05, 0) is 57.8 Å². The maximum Gasteiger partial charge on any atom is 0.159 e. The lowest BCUT2D eigenvalue weighted by Gasteiger charge is -2.12. The number of hydrogen-bond donors (Lipinski definition) is 1. The molecule has 0 fully saturated rings. The predicted molar refractivity (Wildman–Crippen MR) is 88.5 cm³/mol. The van der Waals surface area contributed by atoms with Gasteiger partial charge in [0.25, 0.3) is 0 Å². The Kier molecular flexibility index (Phi) is 5.45. The second kappa shape index (κ2) is 7.32. The van der Waals surface area contributed by atoms with Crippen LogP contribution in [0.1, 0.15) is 35.9 Å². The highest BCUT2D eigenvalue weighted by Crippen LogP contribution is 2.22. The van der Waals surface area contributed by atoms with Crippen LogP contribution in [0.4, 0.5) is 0 Å². The summed E-state index contributed by atoms with van der Waals surface area (Å²) in [5.41, 5.74) is 5.86. The van der Waals surface area contributed by atoms with E-state index in [1.54, 1.807) is 0 Å². The van der Waals surface area contributed by atoms with Crippen molar-refractivity contribution in [2.75, 3.05) is 13.1 Å². The molecule has 3 heteroatoms. The third-order valence-corrected chi connectivity index (χ3v) is 3.84. The van der Waals surface area contributed by atoms with Gasteiger partial charge in [0.15, 0.2) is 5.82 Å². The Labute approximate surface area is 127 Å². The second-order valence-electron chi connectivity index (χ2n) is 5.47. The molecule has 0 amide bonds. The lowest BCUT2D eigenvalue weighted by atomic mass is 10.0. The average molecular weight is 283 g/mol. The molecule has 0 aliphatic carbocycles. The fourth-order valence-corrected chi connectivity index (χ4v) is 2.61. The molecule has 3 nitrogen and oxygen atoms in total. The quantitative estimate of drug-likeness (QED) is 0.823. The average Bonchev–Trinajstić information content (AvgIpc) is 2.46. The normalized spacial score (nSPS) is 10.9. The standard InChI is InChI=1S/C18H25N3/c1-5-19-12-8-11-17-14(3)20-18(21-15(17)4)16-10-7-6-9-13(16)2/h6-7,9-10,19H,5,8,11-12H2,1-4H3. The van der Waals surface area contributed by atoms with Crippen LogP contribution in [0.5, 0.6) is 0 Å². The van der Waals surface area contributed by atoms with E-state index in [0.29, 0.717) is 0 Å². The molecule has 0 radical (unpaired) electrons. The van der Waals surface area contributed by atoms with E-state index in [9.17, 15) is 0 Å². The zero-order chi connectivity index (χ0) is 15.2. The molecule has 1 N–H and O–H groups in total. The first kappa shape index (κ1) is 15.6. The Balaban J connectivity index is 2.23. The fourth-order valence-electron chi connectivity index (χ4n) is 2.61. The molecule has 0 atom stereocenters. The topological polar surface area (TPSA) is 37.8 Å². The van der Waals surface area contributed by atoms with Crippen LogP contribution in [0.15, 0.2) is 24.3 Å². The highest BCUT2D eigenvalue weighted by atomic mass is 14.9. The summed E-state index contributed by atoms with van der Waals surface area (Å²) in [6, 6.07) is 8.29. The van der Waals surface area contributed by atoms with Crippen LogP contribution in [0.3, 0.4) is 0 Å². The number of nitrogens with one attached hydrogen (secondary N) is 1. The number of benzene rings is 1. The summed E-state index contributed by atoms with van der Waals surface area (Å²) in [5.74, 6) is 0.846. The van der Waals surface area contributed by atoms with Crippen molar-refractivity contribution in [3.8, 4) is 11.4 Å². The molecule has 2 rings (SSSR count). The molecule has 21 heavy (non-hydrogen) atoms. The molecule has 2 aromatic rings. The monoisotopic (exact) mass is 283 g/mol. The predicted octanol–water partition coefficient (Wildman–Crippen LogP) is 3.61. The summed E-state index contributed by atoms with van der Waals surface area (Å²) >= 11 is 0. The molecule has 112 valence electrons. The first-order chi connectivity index (χ1) is 10.1. The minimum absolute atomic E-state index is 0.846. The molecule has 0 aliphatic rings. The fraction of sp³-hybridized carbons (Fsp3) is 0.444. The lowest BCUT2D eigenvalue weighted by Crippen LogP contribution is -2.15. The van der Waals surface area contributed by atoms with E-state index in [1.807, 2.05) is 12.1 Å². The Morgan fingerprint density at radius 3 is 2.29 bits per heavy atom. The van der Waals surface area contributed by atoms with Crippen LogP contribution < -0.4 is 5.32 Å². The molecule has 0 bridgehead atoms. The summed E-state index contributed by atoms with van der Waals surface area (Å²) in [7, 11) is 0. The van der Waals surface area contributed by atoms with Crippen molar-refractivity contribution < 1.29 is 0 Å². The smallest absolute Gasteiger partial charge is 0.159 e. The maximum atomic E-state index is 4.73. The van der Waals surface area contributed by atoms with Gasteiger partial charge in [0.2, 0.25) is 0 Å². The van der Waals surface area contributed by atoms with E-state index in [4.69, 9.17) is 9.97 Å². The number of hydrogen-bond acceptors (Lipinski definition) is 3. The summed E-state index contributed by atoms with van der Waals surface area (Å²) in [6.07, 6.45) is 2.17. The van der Waals surface area contributed by atoms with E-state index in [0.717, 1.165) is 48.7 Å². The lowest BCUT2D eigenvalue weighted by molar-refractivity contribution is 0.667. The molecular weight excluding hydrogens is 258 g/mol. The van der Waals surface area contributed by atoms with E-state index in [-0.39, 0.29) is 0 Å². The molecule has 1 heterocycles. The summed E-state index contributed by atoms with van der Waals surface area (Å²) in [5, 5.41) is 3.36. The SMILES string of the molecule is CCNCCCc1c(C)nc(-c2ccccc2C)nc1C. The van der Waals surface area contributed by atoms with E-state index in [2.05, 4.69) is 45.1 Å². The highest BCUT2D eigenvalue weighted by Gasteiger charge is 2.11. The van der Waals surface area contributed by atoms with E-state index >= 15 is 0 Å². The Hall–Kier alpha value is -1.74. The van der Waals surface area contributed by atoms with Crippen LogP contribution in [-0.4, -0.2) is 23.1 Å². The molecule has 1 aromatic heterocycles. The van der Waals surface area contributed by atoms with Crippen LogP contribution in [0.2, 0.25) is 0 Å². The Morgan fingerprint density at radius 2 is 1.67 bits per heavy atom. The van der Waals surface area contributed by atoms with Crippen molar-refractivity contribution >= 4 is 0 Å². The van der Waals surface area contributed by atoms with Gasteiger partial charge in [-0.1, -0.05) is 31.2 Å². The van der Waals surface area contributed by atoms with Crippen molar-refractivity contribution in [3.05, 3.63) is 46.8 Å². The van der Waals surface area contributed by atoms with Crippen LogP contribution in [0, 0.1) is 20.8 Å². The summed E-state index contributed by atoms with van der Waals surface area (Å²) < 4.78 is 0. The number of aromatic nitrogens is 2. The molecule has 0 saturated heterocycles. The van der Waals surface area contributed by atoms with Gasteiger partial charge in [0, 0.05) is 17.0 Å². The van der Waals surface area contributed by atoms with E-state index in [1.165, 1.54) is 11.1 Å². The summed E-state index contributed by atoms with van der Waals surface area (Å²) in [6.45, 7) is 10.5. The second-order valence-corrected chi connectivity index (χ2v) is 5.47. The molecular formula is C18H25N3. The molecule has 0 spiro atoms. The van der Waals surface area contributed by atoms with Gasteiger partial charge in [-0.25, -0.2) is 9.97 Å². The van der Waals surface area contributed by atoms with Crippen LogP contribution >= 0.6 is 0 Å². The Morgan fingerprint density at radius 1 is 1.00 bits per heavy atom. The molecule has 0 saturated carbocycles. The van der Waals surface area contributed by atoms with Crippen molar-refractivity contribution in [3.63, 3.8) is 0 Å². The zero-order valence-corrected chi connectivity index (χ0v) is 13.5. The third kappa shape index (κ3) is 3.88. The maximum absolute atomic E-state index is 4.73. The van der Waals surface area contributed by atoms with Gasteiger partial charge in [-0.3, -0.25) is 0 Å². The van der Waals surface area contributed by atoms with Gasteiger partial charge >= 0.3 is 0 Å². The van der Waals surface area contributed by atoms with Crippen molar-refractivity contribution in [2.24, 2.45) is 0 Å². The number of nitrogens with zero attached hydrogens (tertiary/aromatic N) is 2. The van der Waals surface area contributed by atoms with Gasteiger partial charge < -0.3 is 5.32 Å². The highest BCUT2D eigenvalue weighted by molar-refractivity contribution is 5.60. The largest absolute Gasteiger partial charge is 0.317 e. The van der Waals surface area contributed by atoms with E-state index < -0.39 is 0 Å². The van der Waals surface area contributed by atoms with Gasteiger partial charge in [0.05, 0.1) is 0 Å². The number of aryl methyl sites for hydroxylation is 3. The van der Waals surface area contributed by atoms with Crippen LogP contribution in [-0.2, 0) is 6.42 Å². The third-order valence-electron chi connectivity index (χ3n) is 3.84. The zero-order valence-electron chi connectivity index (χ0n) is 13.5. The van der Waals surface area contributed by atoms with Gasteiger partial charge in [-0.15, -0.1) is 0 Å². The minimum atomic E-state index is 0.846. The van der Waals surface area contributed by atoms with Crippen molar-refractivity contribution in [1.29, 1.82) is 0 Å². The first-order valence-electron chi connectivity index (χ1n) is 7.74. The molecule has 1 aromatic carbocycles. The first-order valence-corrected chi connectivity index (χ1v) is 7.74. The molecule has 0 unspecified atom stereocenters. The van der Waals surface area contributed by atoms with Gasteiger partial charge in [-0.2, -0.15) is 0 Å². The number of rotatable bonds is 6. The summed E-state index contributed by atoms with van der Waals surface area (Å²) in [4.78, 5) is 9.46. The minimum Gasteiger partial charge on any atom is -0.317 e.